The Balaban J connectivity index is 1.77. The molecular formula is C22H19N3. The average Bonchev–Trinajstić information content (AvgIpc) is 3.24. The van der Waals surface area contributed by atoms with E-state index in [1.54, 1.807) is 0 Å². The molecule has 5 rings (SSSR count). The highest BCUT2D eigenvalue weighted by molar-refractivity contribution is 5.93. The van der Waals surface area contributed by atoms with Crippen molar-refractivity contribution in [3.8, 4) is 5.69 Å². The predicted molar refractivity (Wildman–Crippen MR) is 102 cm³/mol. The van der Waals surface area contributed by atoms with Gasteiger partial charge in [-0.1, -0.05) is 42.5 Å². The monoisotopic (exact) mass is 325 g/mol. The molecule has 1 unspecified atom stereocenters. The van der Waals surface area contributed by atoms with Crippen molar-refractivity contribution in [2.45, 2.75) is 18.8 Å². The number of para-hydroxylation sites is 1. The Morgan fingerprint density at radius 3 is 2.60 bits per heavy atom. The van der Waals surface area contributed by atoms with Crippen LogP contribution >= 0.6 is 0 Å². The summed E-state index contributed by atoms with van der Waals surface area (Å²) in [4.78, 5) is 4.33. The maximum absolute atomic E-state index is 6.27. The number of aromatic nitrogens is 2. The smallest absolute Gasteiger partial charge is 0.148 e. The summed E-state index contributed by atoms with van der Waals surface area (Å²) in [5, 5.41) is 1.21. The van der Waals surface area contributed by atoms with E-state index in [2.05, 4.69) is 70.3 Å². The normalized spacial score (nSPS) is 16.2. The van der Waals surface area contributed by atoms with Crippen molar-refractivity contribution in [2.24, 2.45) is 0 Å². The van der Waals surface area contributed by atoms with Crippen molar-refractivity contribution in [2.75, 3.05) is 5.73 Å². The van der Waals surface area contributed by atoms with Gasteiger partial charge >= 0.3 is 0 Å². The highest BCUT2D eigenvalue weighted by Crippen LogP contribution is 2.42. The SMILES string of the molecule is Nc1nccc2c(C3CCc4ccccc43)cn(-c3ccccc3)c12. The van der Waals surface area contributed by atoms with E-state index in [9.17, 15) is 0 Å². The van der Waals surface area contributed by atoms with Crippen LogP contribution in [-0.4, -0.2) is 9.55 Å². The van der Waals surface area contributed by atoms with E-state index in [1.165, 1.54) is 22.1 Å². The van der Waals surface area contributed by atoms with Gasteiger partial charge in [0.25, 0.3) is 0 Å². The van der Waals surface area contributed by atoms with E-state index in [1.807, 2.05) is 12.3 Å². The second-order valence-electron chi connectivity index (χ2n) is 6.67. The number of nitrogens with zero attached hydrogens (tertiary/aromatic N) is 2. The molecule has 3 heteroatoms. The highest BCUT2D eigenvalue weighted by atomic mass is 15.0. The first-order valence-corrected chi connectivity index (χ1v) is 8.71. The molecule has 2 aromatic heterocycles. The van der Waals surface area contributed by atoms with Gasteiger partial charge in [-0.15, -0.1) is 0 Å². The van der Waals surface area contributed by atoms with Gasteiger partial charge < -0.3 is 10.3 Å². The van der Waals surface area contributed by atoms with Gasteiger partial charge in [-0.2, -0.15) is 0 Å². The maximum Gasteiger partial charge on any atom is 0.148 e. The van der Waals surface area contributed by atoms with Gasteiger partial charge in [-0.3, -0.25) is 0 Å². The lowest BCUT2D eigenvalue weighted by atomic mass is 9.93. The molecule has 0 bridgehead atoms. The van der Waals surface area contributed by atoms with Gasteiger partial charge in [-0.05, 0) is 47.7 Å². The van der Waals surface area contributed by atoms with Crippen LogP contribution in [0.3, 0.4) is 0 Å². The highest BCUT2D eigenvalue weighted by Gasteiger charge is 2.27. The zero-order chi connectivity index (χ0) is 16.8. The molecule has 3 nitrogen and oxygen atoms in total. The molecule has 1 aliphatic carbocycles. The fourth-order valence-electron chi connectivity index (χ4n) is 4.18. The van der Waals surface area contributed by atoms with E-state index in [0.29, 0.717) is 11.7 Å². The first-order chi connectivity index (χ1) is 12.3. The number of hydrogen-bond donors (Lipinski definition) is 1. The number of benzene rings is 2. The molecule has 0 fully saturated rings. The molecule has 0 saturated heterocycles. The van der Waals surface area contributed by atoms with Crippen LogP contribution in [0.1, 0.15) is 29.0 Å². The number of nitrogens with two attached hydrogens (primary N) is 1. The molecule has 2 heterocycles. The van der Waals surface area contributed by atoms with Crippen molar-refractivity contribution in [1.29, 1.82) is 0 Å². The van der Waals surface area contributed by atoms with Crippen LogP contribution < -0.4 is 5.73 Å². The quantitative estimate of drug-likeness (QED) is 0.581. The molecule has 2 aromatic carbocycles. The molecule has 25 heavy (non-hydrogen) atoms. The fourth-order valence-corrected chi connectivity index (χ4v) is 4.18. The topological polar surface area (TPSA) is 43.8 Å². The van der Waals surface area contributed by atoms with Gasteiger partial charge in [0.2, 0.25) is 0 Å². The largest absolute Gasteiger partial charge is 0.382 e. The molecule has 122 valence electrons. The summed E-state index contributed by atoms with van der Waals surface area (Å²) in [6.07, 6.45) is 6.36. The minimum atomic E-state index is 0.422. The second kappa shape index (κ2) is 5.49. The van der Waals surface area contributed by atoms with E-state index < -0.39 is 0 Å². The van der Waals surface area contributed by atoms with Crippen LogP contribution in [-0.2, 0) is 6.42 Å². The molecule has 4 aromatic rings. The second-order valence-corrected chi connectivity index (χ2v) is 6.67. The van der Waals surface area contributed by atoms with Crippen molar-refractivity contribution in [1.82, 2.24) is 9.55 Å². The minimum absolute atomic E-state index is 0.422. The van der Waals surface area contributed by atoms with Crippen LogP contribution in [0.5, 0.6) is 0 Å². The Bertz CT molecular complexity index is 1060. The number of rotatable bonds is 2. The van der Waals surface area contributed by atoms with Gasteiger partial charge in [0, 0.05) is 29.4 Å². The Labute approximate surface area is 146 Å². The molecule has 0 amide bonds. The maximum atomic E-state index is 6.27. The van der Waals surface area contributed by atoms with Crippen LogP contribution in [0.25, 0.3) is 16.6 Å². The van der Waals surface area contributed by atoms with Crippen LogP contribution in [0, 0.1) is 0 Å². The third-order valence-corrected chi connectivity index (χ3v) is 5.32. The third kappa shape index (κ3) is 2.16. The van der Waals surface area contributed by atoms with Crippen molar-refractivity contribution >= 4 is 16.7 Å². The summed E-state index contributed by atoms with van der Waals surface area (Å²) < 4.78 is 2.19. The van der Waals surface area contributed by atoms with Gasteiger partial charge in [-0.25, -0.2) is 4.98 Å². The average molecular weight is 325 g/mol. The summed E-state index contributed by atoms with van der Waals surface area (Å²) in [5.74, 6) is 1.00. The van der Waals surface area contributed by atoms with Gasteiger partial charge in [0.05, 0.1) is 5.52 Å². The zero-order valence-corrected chi connectivity index (χ0v) is 13.9. The lowest BCUT2D eigenvalue weighted by Gasteiger charge is -2.10. The summed E-state index contributed by atoms with van der Waals surface area (Å²) in [7, 11) is 0. The lowest BCUT2D eigenvalue weighted by Crippen LogP contribution is -1.97. The summed E-state index contributed by atoms with van der Waals surface area (Å²) in [6, 6.07) is 21.3. The van der Waals surface area contributed by atoms with E-state index in [4.69, 9.17) is 5.73 Å². The fraction of sp³-hybridized carbons (Fsp3) is 0.136. The van der Waals surface area contributed by atoms with E-state index in [-0.39, 0.29) is 0 Å². The number of hydrogen-bond acceptors (Lipinski definition) is 2. The van der Waals surface area contributed by atoms with Gasteiger partial charge in [0.1, 0.15) is 5.82 Å². The predicted octanol–water partition coefficient (Wildman–Crippen LogP) is 4.69. The molecule has 0 aliphatic heterocycles. The molecule has 0 saturated carbocycles. The summed E-state index contributed by atoms with van der Waals surface area (Å²) >= 11 is 0. The summed E-state index contributed by atoms with van der Waals surface area (Å²) in [6.45, 7) is 0. The first kappa shape index (κ1) is 14.3. The molecular weight excluding hydrogens is 306 g/mol. The Kier molecular flexibility index (Phi) is 3.14. The molecule has 1 aliphatic rings. The number of nitrogen functional groups attached to an aromatic ring is 1. The van der Waals surface area contributed by atoms with Crippen LogP contribution in [0.15, 0.2) is 73.1 Å². The minimum Gasteiger partial charge on any atom is -0.382 e. The van der Waals surface area contributed by atoms with E-state index in [0.717, 1.165) is 24.0 Å². The Hall–Kier alpha value is -3.07. The Morgan fingerprint density at radius 1 is 0.920 bits per heavy atom. The molecule has 1 atom stereocenters. The zero-order valence-electron chi connectivity index (χ0n) is 13.9. The summed E-state index contributed by atoms with van der Waals surface area (Å²) in [5.41, 5.74) is 12.7. The molecule has 2 N–H and O–H groups in total. The molecule has 0 spiro atoms. The van der Waals surface area contributed by atoms with E-state index >= 15 is 0 Å². The number of fused-ring (bicyclic) bond motifs is 2. The first-order valence-electron chi connectivity index (χ1n) is 8.71. The van der Waals surface area contributed by atoms with Crippen molar-refractivity contribution in [3.63, 3.8) is 0 Å². The lowest BCUT2D eigenvalue weighted by molar-refractivity contribution is 0.791. The van der Waals surface area contributed by atoms with Gasteiger partial charge in [0.15, 0.2) is 0 Å². The number of aryl methyl sites for hydroxylation is 1. The van der Waals surface area contributed by atoms with Crippen molar-refractivity contribution in [3.05, 3.63) is 89.7 Å². The number of anilines is 1. The molecule has 0 radical (unpaired) electrons. The Morgan fingerprint density at radius 2 is 1.72 bits per heavy atom. The van der Waals surface area contributed by atoms with Crippen LogP contribution in [0.4, 0.5) is 5.82 Å². The standard InChI is InChI=1S/C22H19N3/c23-22-21-19(12-13-24-22)20(14-25(21)16-7-2-1-3-8-16)18-11-10-15-6-4-5-9-17(15)18/h1-9,12-14,18H,10-11H2,(H2,23,24). The number of pyridine rings is 1. The van der Waals surface area contributed by atoms with Crippen molar-refractivity contribution < 1.29 is 0 Å². The third-order valence-electron chi connectivity index (χ3n) is 5.32. The van der Waals surface area contributed by atoms with Crippen LogP contribution in [0.2, 0.25) is 0 Å².